The first-order valence-electron chi connectivity index (χ1n) is 8.27. The van der Waals surface area contributed by atoms with Crippen LogP contribution in [0.4, 0.5) is 5.69 Å². The van der Waals surface area contributed by atoms with Gasteiger partial charge in [0.25, 0.3) is 0 Å². The Morgan fingerprint density at radius 3 is 2.15 bits per heavy atom. The van der Waals surface area contributed by atoms with Gasteiger partial charge in [-0.15, -0.1) is 0 Å². The molecule has 0 aliphatic rings. The molecule has 136 valence electrons. The maximum Gasteiger partial charge on any atom is 0.105 e. The summed E-state index contributed by atoms with van der Waals surface area (Å²) >= 11 is 15.5. The van der Waals surface area contributed by atoms with Crippen LogP contribution in [0.5, 0.6) is 0 Å². The molecule has 0 saturated carbocycles. The first-order valence-corrected chi connectivity index (χ1v) is 10.7. The molecule has 3 aromatic carbocycles. The molecule has 0 spiro atoms. The summed E-state index contributed by atoms with van der Waals surface area (Å²) in [7, 11) is 0. The van der Waals surface area contributed by atoms with Gasteiger partial charge in [0.15, 0.2) is 0 Å². The van der Waals surface area contributed by atoms with Gasteiger partial charge in [0, 0.05) is 9.79 Å². The zero-order valence-corrected chi connectivity index (χ0v) is 17.7. The quantitative estimate of drug-likeness (QED) is 0.228. The lowest BCUT2D eigenvalue weighted by Crippen LogP contribution is -1.94. The van der Waals surface area contributed by atoms with Gasteiger partial charge in [0.05, 0.1) is 15.7 Å². The third-order valence-electron chi connectivity index (χ3n) is 3.54. The third kappa shape index (κ3) is 6.18. The molecule has 1 nitrogen and oxygen atoms in total. The van der Waals surface area contributed by atoms with Crippen LogP contribution in [-0.4, -0.2) is 5.04 Å². The van der Waals surface area contributed by atoms with Gasteiger partial charge in [-0.1, -0.05) is 83.1 Å². The van der Waals surface area contributed by atoms with Crippen molar-refractivity contribution in [2.45, 2.75) is 16.7 Å². The van der Waals surface area contributed by atoms with Gasteiger partial charge in [-0.25, -0.2) is 4.99 Å². The first kappa shape index (κ1) is 20.1. The Morgan fingerprint density at radius 2 is 1.48 bits per heavy atom. The van der Waals surface area contributed by atoms with Crippen LogP contribution in [0.25, 0.3) is 0 Å². The minimum atomic E-state index is 0.543. The lowest BCUT2D eigenvalue weighted by molar-refractivity contribution is 1.46. The molecule has 0 N–H and O–H groups in total. The Morgan fingerprint density at radius 1 is 0.815 bits per heavy atom. The number of nitrogens with zero attached hydrogens (tertiary/aromatic N) is 1. The standard InChI is InChI=1S/C22H17Cl2NS2/c1-16(15-26-18-10-6-3-7-11-18)22(25-17-8-4-2-5-9-17)27-19-12-13-20(23)21(24)14-19/h2-15H,1H3. The summed E-state index contributed by atoms with van der Waals surface area (Å²) in [5.74, 6) is 0. The number of rotatable bonds is 5. The minimum Gasteiger partial charge on any atom is -0.241 e. The fraction of sp³-hybridized carbons (Fsp3) is 0.0455. The van der Waals surface area contributed by atoms with Crippen LogP contribution < -0.4 is 0 Å². The largest absolute Gasteiger partial charge is 0.241 e. The summed E-state index contributed by atoms with van der Waals surface area (Å²) in [5, 5.41) is 4.14. The monoisotopic (exact) mass is 429 g/mol. The van der Waals surface area contributed by atoms with E-state index < -0.39 is 0 Å². The van der Waals surface area contributed by atoms with Crippen molar-refractivity contribution in [2.75, 3.05) is 0 Å². The smallest absolute Gasteiger partial charge is 0.105 e. The van der Waals surface area contributed by atoms with Crippen molar-refractivity contribution in [1.29, 1.82) is 0 Å². The Hall–Kier alpha value is -1.65. The van der Waals surface area contributed by atoms with Gasteiger partial charge in [-0.05, 0) is 60.4 Å². The van der Waals surface area contributed by atoms with Crippen molar-refractivity contribution in [3.05, 3.63) is 99.9 Å². The number of thioether (sulfide) groups is 2. The molecule has 0 fully saturated rings. The van der Waals surface area contributed by atoms with E-state index in [2.05, 4.69) is 24.5 Å². The van der Waals surface area contributed by atoms with Crippen LogP contribution in [0.15, 0.2) is 105 Å². The molecule has 27 heavy (non-hydrogen) atoms. The average Bonchev–Trinajstić information content (AvgIpc) is 2.70. The van der Waals surface area contributed by atoms with E-state index in [0.29, 0.717) is 10.0 Å². The van der Waals surface area contributed by atoms with Gasteiger partial charge in [-0.2, -0.15) is 0 Å². The molecular formula is C22H17Cl2NS2. The van der Waals surface area contributed by atoms with Crippen LogP contribution >= 0.6 is 46.7 Å². The van der Waals surface area contributed by atoms with Crippen molar-refractivity contribution in [3.8, 4) is 0 Å². The zero-order chi connectivity index (χ0) is 19.1. The molecule has 5 heteroatoms. The highest BCUT2D eigenvalue weighted by molar-refractivity contribution is 8.14. The Kier molecular flexibility index (Phi) is 7.48. The predicted octanol–water partition coefficient (Wildman–Crippen LogP) is 8.51. The van der Waals surface area contributed by atoms with E-state index in [1.165, 1.54) is 4.90 Å². The van der Waals surface area contributed by atoms with E-state index in [9.17, 15) is 0 Å². The fourth-order valence-corrected chi connectivity index (χ4v) is 4.25. The van der Waals surface area contributed by atoms with Crippen LogP contribution in [0.2, 0.25) is 10.0 Å². The fourth-order valence-electron chi connectivity index (χ4n) is 2.17. The van der Waals surface area contributed by atoms with E-state index in [4.69, 9.17) is 28.2 Å². The van der Waals surface area contributed by atoms with E-state index in [1.54, 1.807) is 23.5 Å². The summed E-state index contributed by atoms with van der Waals surface area (Å²) in [6.07, 6.45) is 0. The second kappa shape index (κ2) is 10.0. The number of para-hydroxylation sites is 1. The van der Waals surface area contributed by atoms with Crippen LogP contribution in [0.1, 0.15) is 6.92 Å². The predicted molar refractivity (Wildman–Crippen MR) is 122 cm³/mol. The van der Waals surface area contributed by atoms with Crippen molar-refractivity contribution >= 4 is 57.5 Å². The number of hydrogen-bond acceptors (Lipinski definition) is 3. The van der Waals surface area contributed by atoms with Crippen molar-refractivity contribution in [1.82, 2.24) is 0 Å². The lowest BCUT2D eigenvalue weighted by Gasteiger charge is -2.09. The van der Waals surface area contributed by atoms with E-state index in [1.807, 2.05) is 66.7 Å². The topological polar surface area (TPSA) is 12.4 Å². The van der Waals surface area contributed by atoms with Crippen molar-refractivity contribution in [2.24, 2.45) is 4.99 Å². The van der Waals surface area contributed by atoms with Gasteiger partial charge < -0.3 is 0 Å². The third-order valence-corrected chi connectivity index (χ3v) is 6.40. The normalized spacial score (nSPS) is 12.3. The van der Waals surface area contributed by atoms with Crippen LogP contribution in [0, 0.1) is 0 Å². The molecule has 3 rings (SSSR count). The molecule has 0 bridgehead atoms. The summed E-state index contributed by atoms with van der Waals surface area (Å²) in [6.45, 7) is 2.07. The molecule has 0 aliphatic carbocycles. The Balaban J connectivity index is 1.89. The summed E-state index contributed by atoms with van der Waals surface area (Å²) in [5.41, 5.74) is 2.00. The number of benzene rings is 3. The van der Waals surface area contributed by atoms with Gasteiger partial charge >= 0.3 is 0 Å². The molecule has 0 amide bonds. The number of aliphatic imine (C=N–C) groups is 1. The molecule has 3 aromatic rings. The van der Waals surface area contributed by atoms with E-state index in [0.717, 1.165) is 21.2 Å². The zero-order valence-electron chi connectivity index (χ0n) is 14.6. The molecule has 0 radical (unpaired) electrons. The maximum atomic E-state index is 6.17. The minimum absolute atomic E-state index is 0.543. The second-order valence-electron chi connectivity index (χ2n) is 5.66. The molecular weight excluding hydrogens is 413 g/mol. The number of hydrogen-bond donors (Lipinski definition) is 0. The van der Waals surface area contributed by atoms with Crippen molar-refractivity contribution in [3.63, 3.8) is 0 Å². The van der Waals surface area contributed by atoms with Gasteiger partial charge in [0.1, 0.15) is 5.04 Å². The molecule has 0 aliphatic heterocycles. The van der Waals surface area contributed by atoms with Gasteiger partial charge in [-0.3, -0.25) is 0 Å². The van der Waals surface area contributed by atoms with E-state index >= 15 is 0 Å². The highest BCUT2D eigenvalue weighted by Gasteiger charge is 2.08. The summed E-state index contributed by atoms with van der Waals surface area (Å²) in [4.78, 5) is 7.03. The van der Waals surface area contributed by atoms with Crippen LogP contribution in [-0.2, 0) is 0 Å². The second-order valence-corrected chi connectivity index (χ2v) is 8.48. The highest BCUT2D eigenvalue weighted by atomic mass is 35.5. The lowest BCUT2D eigenvalue weighted by atomic mass is 10.3. The SMILES string of the molecule is CC(=CSc1ccccc1)C(=Nc1ccccc1)Sc1ccc(Cl)c(Cl)c1. The summed E-state index contributed by atoms with van der Waals surface area (Å²) in [6, 6.07) is 25.8. The Labute approximate surface area is 178 Å². The molecule has 0 unspecified atom stereocenters. The van der Waals surface area contributed by atoms with Gasteiger partial charge in [0.2, 0.25) is 0 Å². The first-order chi connectivity index (χ1) is 13.1. The molecule has 0 atom stereocenters. The Bertz CT molecular complexity index is 955. The molecule has 0 saturated heterocycles. The summed E-state index contributed by atoms with van der Waals surface area (Å²) < 4.78 is 0. The van der Waals surface area contributed by atoms with Crippen LogP contribution in [0.3, 0.4) is 0 Å². The van der Waals surface area contributed by atoms with E-state index in [-0.39, 0.29) is 0 Å². The number of halogens is 2. The molecule has 0 aromatic heterocycles. The maximum absolute atomic E-state index is 6.17. The average molecular weight is 430 g/mol. The highest BCUT2D eigenvalue weighted by Crippen LogP contribution is 2.32. The molecule has 0 heterocycles. The van der Waals surface area contributed by atoms with Crippen molar-refractivity contribution < 1.29 is 0 Å².